The zero-order chi connectivity index (χ0) is 46.7. The Labute approximate surface area is 390 Å². The Morgan fingerprint density at radius 1 is 0.831 bits per heavy atom. The number of amides is 1. The van der Waals surface area contributed by atoms with E-state index in [0.29, 0.717) is 30.1 Å². The molecule has 1 aliphatic heterocycles. The highest BCUT2D eigenvalue weighted by Crippen LogP contribution is 2.78. The number of benzene rings is 1. The third-order valence-electron chi connectivity index (χ3n) is 21.3. The van der Waals surface area contributed by atoms with Gasteiger partial charge in [-0.25, -0.2) is 4.98 Å². The number of imidazole rings is 1. The molecule has 7 fully saturated rings. The number of hydrogen-bond acceptors (Lipinski definition) is 6. The molecule has 9 rings (SSSR count). The van der Waals surface area contributed by atoms with Crippen LogP contribution in [0, 0.1) is 73.9 Å². The Balaban J connectivity index is 0.963. The van der Waals surface area contributed by atoms with Crippen LogP contribution >= 0.6 is 0 Å². The van der Waals surface area contributed by atoms with Crippen LogP contribution in [0.4, 0.5) is 0 Å². The Morgan fingerprint density at radius 2 is 1.54 bits per heavy atom. The van der Waals surface area contributed by atoms with E-state index < -0.39 is 28.3 Å². The van der Waals surface area contributed by atoms with Crippen molar-refractivity contribution in [3.05, 3.63) is 54.5 Å². The molecule has 2 heterocycles. The Kier molecular flexibility index (Phi) is 11.5. The van der Waals surface area contributed by atoms with Gasteiger partial charge < -0.3 is 24.6 Å². The predicted octanol–water partition coefficient (Wildman–Crippen LogP) is 11.3. The highest BCUT2D eigenvalue weighted by molar-refractivity contribution is 5.85. The van der Waals surface area contributed by atoms with Gasteiger partial charge in [0.05, 0.1) is 28.5 Å². The van der Waals surface area contributed by atoms with E-state index in [-0.39, 0.29) is 51.5 Å². The lowest BCUT2D eigenvalue weighted by molar-refractivity contribution is -0.251. The SMILES string of the molecule is C=C(C)[C@@H]1CC[C@]2(C(=O)NC(C)(C)c3nc(-c4ccccc4)cn3CCN3CCCC3)CC[C@]3(C)[C@H](CC[C@@H]4[C@@]5(C)CC[C@H](OC(=O)[C@H]6C[C@@H](C(=O)O)C6(C)C)C(C)(C)[C@@H]5CC[C@]43C)[C@@H]12. The Morgan fingerprint density at radius 3 is 2.20 bits per heavy atom. The van der Waals surface area contributed by atoms with Gasteiger partial charge in [-0.1, -0.05) is 91.0 Å². The molecular weight excluding hydrogens is 809 g/mol. The summed E-state index contributed by atoms with van der Waals surface area (Å²) in [4.78, 5) is 49.1. The van der Waals surface area contributed by atoms with Crippen LogP contribution in [0.25, 0.3) is 11.3 Å². The van der Waals surface area contributed by atoms with Gasteiger partial charge in [-0.05, 0) is 169 Å². The molecule has 356 valence electrons. The molecule has 1 aromatic carbocycles. The number of fused-ring (bicyclic) bond motifs is 7. The van der Waals surface area contributed by atoms with Gasteiger partial charge in [0.25, 0.3) is 0 Å². The van der Waals surface area contributed by atoms with E-state index in [0.717, 1.165) is 107 Å². The fourth-order valence-electron chi connectivity index (χ4n) is 17.2. The number of ether oxygens (including phenoxy) is 1. The molecule has 1 amide bonds. The fraction of sp³-hybridized carbons (Fsp3) is 0.750. The van der Waals surface area contributed by atoms with Crippen LogP contribution < -0.4 is 5.32 Å². The normalized spacial score (nSPS) is 39.5. The highest BCUT2D eigenvalue weighted by atomic mass is 16.5. The third-order valence-corrected chi connectivity index (χ3v) is 21.3. The summed E-state index contributed by atoms with van der Waals surface area (Å²) in [6.45, 7) is 31.7. The lowest BCUT2D eigenvalue weighted by Gasteiger charge is -2.73. The number of esters is 1. The first-order valence-corrected chi connectivity index (χ1v) is 25.8. The minimum atomic E-state index is -0.819. The largest absolute Gasteiger partial charge is 0.481 e. The van der Waals surface area contributed by atoms with Crippen molar-refractivity contribution >= 4 is 17.8 Å². The van der Waals surface area contributed by atoms with Crippen molar-refractivity contribution in [3.8, 4) is 11.3 Å². The van der Waals surface area contributed by atoms with Crippen LogP contribution in [0.5, 0.6) is 0 Å². The minimum absolute atomic E-state index is 0.0757. The van der Waals surface area contributed by atoms with Gasteiger partial charge in [-0.2, -0.15) is 0 Å². The molecule has 6 saturated carbocycles. The molecule has 0 spiro atoms. The molecule has 7 aliphatic rings. The van der Waals surface area contributed by atoms with Crippen LogP contribution in [-0.2, 0) is 31.2 Å². The summed E-state index contributed by atoms with van der Waals surface area (Å²) >= 11 is 0. The molecule has 1 aromatic heterocycles. The first-order chi connectivity index (χ1) is 30.5. The highest BCUT2D eigenvalue weighted by Gasteiger charge is 2.72. The minimum Gasteiger partial charge on any atom is -0.481 e. The maximum absolute atomic E-state index is 15.6. The second-order valence-electron chi connectivity index (χ2n) is 25.3. The summed E-state index contributed by atoms with van der Waals surface area (Å²) in [7, 11) is 0. The molecular formula is C56H82N4O5. The maximum atomic E-state index is 15.6. The molecule has 1 saturated heterocycles. The van der Waals surface area contributed by atoms with Gasteiger partial charge in [0, 0.05) is 30.3 Å². The Hall–Kier alpha value is -3.46. The number of nitrogens with one attached hydrogen (secondary N) is 1. The molecule has 9 heteroatoms. The van der Waals surface area contributed by atoms with E-state index >= 15 is 4.79 Å². The first-order valence-electron chi connectivity index (χ1n) is 25.8. The zero-order valence-corrected chi connectivity index (χ0v) is 41.7. The quantitative estimate of drug-likeness (QED) is 0.171. The molecule has 0 bridgehead atoms. The van der Waals surface area contributed by atoms with Crippen molar-refractivity contribution in [1.82, 2.24) is 19.8 Å². The van der Waals surface area contributed by atoms with Gasteiger partial charge in [0.1, 0.15) is 11.9 Å². The number of hydrogen-bond donors (Lipinski definition) is 2. The smallest absolute Gasteiger partial charge is 0.309 e. The van der Waals surface area contributed by atoms with Gasteiger partial charge >= 0.3 is 11.9 Å². The maximum Gasteiger partial charge on any atom is 0.309 e. The first kappa shape index (κ1) is 46.6. The number of aliphatic carboxylic acids is 1. The third kappa shape index (κ3) is 7.13. The number of carbonyl (C=O) groups is 3. The monoisotopic (exact) mass is 891 g/mol. The van der Waals surface area contributed by atoms with E-state index in [1.54, 1.807) is 0 Å². The van der Waals surface area contributed by atoms with Gasteiger partial charge in [-0.3, -0.25) is 14.4 Å². The van der Waals surface area contributed by atoms with Crippen LogP contribution in [0.3, 0.4) is 0 Å². The second-order valence-corrected chi connectivity index (χ2v) is 25.3. The van der Waals surface area contributed by atoms with E-state index in [9.17, 15) is 14.7 Å². The van der Waals surface area contributed by atoms with Crippen molar-refractivity contribution in [3.63, 3.8) is 0 Å². The summed E-state index contributed by atoms with van der Waals surface area (Å²) in [5.74, 6) is 1.19. The molecule has 9 nitrogen and oxygen atoms in total. The van der Waals surface area contributed by atoms with E-state index in [1.807, 2.05) is 19.9 Å². The van der Waals surface area contributed by atoms with Crippen LogP contribution in [0.15, 0.2) is 48.7 Å². The standard InChI is InChI=1S/C56H82N4O5/c1-35(2)37-21-26-56(49(64)58-52(7,8)48-57-41(36-17-13-12-14-18-36)34-60(48)32-31-59-29-15-16-30-59)28-27-54(10)38(45(37)56)19-20-43-53(9)24-23-44(51(5,6)42(53)22-25-55(43,54)11)65-47(63)40-33-39(46(61)62)50(40,3)4/h12-14,17-18,34,37-40,42-45H,1,15-16,19-33H2,2-11H3,(H,58,64)(H,61,62)/t37-,38+,39-,40+,42-,43+,44-,45+,53-,54+,55+,56-/m0/s1. The number of aromatic nitrogens is 2. The molecule has 6 aliphatic carbocycles. The Bertz CT molecular complexity index is 2190. The van der Waals surface area contributed by atoms with E-state index in [1.165, 1.54) is 18.4 Å². The van der Waals surface area contributed by atoms with Crippen LogP contribution in [-0.4, -0.2) is 63.1 Å². The number of nitrogens with zero attached hydrogens (tertiary/aromatic N) is 3. The average Bonchev–Trinajstić information content (AvgIpc) is 4.01. The average molecular weight is 891 g/mol. The summed E-state index contributed by atoms with van der Waals surface area (Å²) in [6.07, 6.45) is 15.2. The van der Waals surface area contributed by atoms with Crippen molar-refractivity contribution in [2.24, 2.45) is 73.9 Å². The zero-order valence-electron chi connectivity index (χ0n) is 41.7. The van der Waals surface area contributed by atoms with Crippen molar-refractivity contribution in [2.75, 3.05) is 19.6 Å². The number of carboxylic acid groups (broad SMARTS) is 1. The van der Waals surface area contributed by atoms with E-state index in [4.69, 9.17) is 9.72 Å². The van der Waals surface area contributed by atoms with Crippen molar-refractivity contribution in [1.29, 1.82) is 0 Å². The van der Waals surface area contributed by atoms with Crippen LogP contribution in [0.2, 0.25) is 0 Å². The van der Waals surface area contributed by atoms with E-state index in [2.05, 4.69) is 107 Å². The predicted molar refractivity (Wildman–Crippen MR) is 256 cm³/mol. The molecule has 0 unspecified atom stereocenters. The molecule has 12 atom stereocenters. The fourth-order valence-corrected chi connectivity index (χ4v) is 17.2. The van der Waals surface area contributed by atoms with Crippen molar-refractivity contribution in [2.45, 2.75) is 171 Å². The van der Waals surface area contributed by atoms with Gasteiger partial charge in [0.2, 0.25) is 5.91 Å². The topological polar surface area (TPSA) is 114 Å². The lowest BCUT2D eigenvalue weighted by Crippen LogP contribution is -2.68. The number of carboxylic acids is 1. The molecule has 0 radical (unpaired) electrons. The van der Waals surface area contributed by atoms with Crippen molar-refractivity contribution < 1.29 is 24.2 Å². The van der Waals surface area contributed by atoms with Crippen LogP contribution in [0.1, 0.15) is 159 Å². The summed E-state index contributed by atoms with van der Waals surface area (Å²) in [6, 6.07) is 10.4. The summed E-state index contributed by atoms with van der Waals surface area (Å²) in [5.41, 5.74) is 1.65. The summed E-state index contributed by atoms with van der Waals surface area (Å²) in [5, 5.41) is 13.5. The molecule has 65 heavy (non-hydrogen) atoms. The molecule has 2 aromatic rings. The lowest BCUT2D eigenvalue weighted by atomic mass is 9.32. The number of allylic oxidation sites excluding steroid dienone is 1. The van der Waals surface area contributed by atoms with Gasteiger partial charge in [-0.15, -0.1) is 0 Å². The number of carbonyl (C=O) groups excluding carboxylic acids is 2. The van der Waals surface area contributed by atoms with Gasteiger partial charge in [0.15, 0.2) is 0 Å². The summed E-state index contributed by atoms with van der Waals surface area (Å²) < 4.78 is 8.81. The number of likely N-dealkylation sites (tertiary alicyclic amines) is 1. The molecule has 2 N–H and O–H groups in total. The second kappa shape index (κ2) is 16.1. The number of rotatable bonds is 11.